The number of H-pyrrole nitrogens is 1. The quantitative estimate of drug-likeness (QED) is 0.702. The summed E-state index contributed by atoms with van der Waals surface area (Å²) in [5.74, 6) is 0.825. The van der Waals surface area contributed by atoms with Crippen LogP contribution in [-0.4, -0.2) is 47.0 Å². The Hall–Kier alpha value is -3.16. The van der Waals surface area contributed by atoms with Crippen molar-refractivity contribution in [2.75, 3.05) is 26.1 Å². The van der Waals surface area contributed by atoms with Crippen molar-refractivity contribution in [3.8, 4) is 6.01 Å². The van der Waals surface area contributed by atoms with E-state index < -0.39 is 0 Å². The molecule has 0 radical (unpaired) electrons. The topological polar surface area (TPSA) is 96.0 Å². The first kappa shape index (κ1) is 16.7. The van der Waals surface area contributed by atoms with Gasteiger partial charge in [-0.05, 0) is 11.6 Å². The van der Waals surface area contributed by atoms with Crippen molar-refractivity contribution in [2.24, 2.45) is 0 Å². The van der Waals surface area contributed by atoms with Gasteiger partial charge in [-0.25, -0.2) is 0 Å². The summed E-state index contributed by atoms with van der Waals surface area (Å²) < 4.78 is 5.08. The van der Waals surface area contributed by atoms with E-state index in [4.69, 9.17) is 4.74 Å². The van der Waals surface area contributed by atoms with Gasteiger partial charge in [0.2, 0.25) is 11.9 Å². The van der Waals surface area contributed by atoms with Crippen LogP contribution in [0.15, 0.2) is 30.5 Å². The molecule has 2 N–H and O–H groups in total. The van der Waals surface area contributed by atoms with E-state index in [9.17, 15) is 4.79 Å². The molecule has 130 valence electrons. The molecule has 2 heterocycles. The monoisotopic (exact) mass is 340 g/mol. The van der Waals surface area contributed by atoms with Gasteiger partial charge in [0.15, 0.2) is 5.82 Å². The first-order valence-corrected chi connectivity index (χ1v) is 7.85. The minimum Gasteiger partial charge on any atom is -0.467 e. The van der Waals surface area contributed by atoms with Gasteiger partial charge in [-0.2, -0.15) is 15.0 Å². The van der Waals surface area contributed by atoms with E-state index in [0.717, 1.165) is 16.5 Å². The molecule has 0 aliphatic rings. The van der Waals surface area contributed by atoms with E-state index in [0.29, 0.717) is 11.8 Å². The van der Waals surface area contributed by atoms with Crippen LogP contribution in [0.2, 0.25) is 0 Å². The number of anilines is 1. The molecule has 0 aliphatic heterocycles. The fourth-order valence-corrected chi connectivity index (χ4v) is 2.45. The maximum Gasteiger partial charge on any atom is 0.321 e. The molecule has 0 fully saturated rings. The lowest BCUT2D eigenvalue weighted by atomic mass is 10.1. The maximum atomic E-state index is 12.3. The summed E-state index contributed by atoms with van der Waals surface area (Å²) in [5.41, 5.74) is 1.97. The Morgan fingerprint density at radius 2 is 2.04 bits per heavy atom. The molecule has 8 nitrogen and oxygen atoms in total. The van der Waals surface area contributed by atoms with Gasteiger partial charge in [-0.1, -0.05) is 18.2 Å². The highest BCUT2D eigenvalue weighted by Crippen LogP contribution is 2.18. The maximum absolute atomic E-state index is 12.3. The standard InChI is InChI=1S/C17H20N6O2/c1-23(2)16-20-14(21-17(22-16)25-3)10-19-15(24)8-11-9-18-13-7-5-4-6-12(11)13/h4-7,9,18H,8,10H2,1-3H3,(H,19,24). The average Bonchev–Trinajstić information content (AvgIpc) is 3.02. The number of carbonyl (C=O) groups excluding carboxylic acids is 1. The van der Waals surface area contributed by atoms with E-state index in [1.54, 1.807) is 4.90 Å². The zero-order valence-corrected chi connectivity index (χ0v) is 14.4. The van der Waals surface area contributed by atoms with Crippen LogP contribution < -0.4 is 15.0 Å². The van der Waals surface area contributed by atoms with Gasteiger partial charge in [-0.3, -0.25) is 4.79 Å². The predicted octanol–water partition coefficient (Wildman–Crippen LogP) is 1.29. The van der Waals surface area contributed by atoms with Gasteiger partial charge >= 0.3 is 6.01 Å². The second kappa shape index (κ2) is 7.16. The number of nitrogens with zero attached hydrogens (tertiary/aromatic N) is 4. The molecule has 3 rings (SSSR count). The molecular formula is C17H20N6O2. The van der Waals surface area contributed by atoms with E-state index in [1.165, 1.54) is 7.11 Å². The summed E-state index contributed by atoms with van der Waals surface area (Å²) in [6.07, 6.45) is 2.15. The van der Waals surface area contributed by atoms with Crippen molar-refractivity contribution in [1.29, 1.82) is 0 Å². The molecule has 1 aromatic carbocycles. The molecule has 0 bridgehead atoms. The SMILES string of the molecule is COc1nc(CNC(=O)Cc2c[nH]c3ccccc23)nc(N(C)C)n1. The van der Waals surface area contributed by atoms with Crippen LogP contribution in [0.4, 0.5) is 5.95 Å². The molecule has 0 aliphatic carbocycles. The smallest absolute Gasteiger partial charge is 0.321 e. The van der Waals surface area contributed by atoms with Crippen LogP contribution in [0.1, 0.15) is 11.4 Å². The van der Waals surface area contributed by atoms with E-state index in [1.807, 2.05) is 44.6 Å². The third kappa shape index (κ3) is 3.85. The van der Waals surface area contributed by atoms with E-state index in [2.05, 4.69) is 25.3 Å². The summed E-state index contributed by atoms with van der Waals surface area (Å²) in [7, 11) is 5.15. The number of hydrogen-bond donors (Lipinski definition) is 2. The lowest BCUT2D eigenvalue weighted by molar-refractivity contribution is -0.120. The minimum atomic E-state index is -0.101. The number of hydrogen-bond acceptors (Lipinski definition) is 6. The van der Waals surface area contributed by atoms with Crippen molar-refractivity contribution >= 4 is 22.8 Å². The summed E-state index contributed by atoms with van der Waals surface area (Å²) in [6, 6.07) is 8.11. The Bertz CT molecular complexity index is 890. The number of aromatic amines is 1. The number of amides is 1. The van der Waals surface area contributed by atoms with Gasteiger partial charge in [0.25, 0.3) is 0 Å². The van der Waals surface area contributed by atoms with Gasteiger partial charge in [-0.15, -0.1) is 0 Å². The third-order valence-electron chi connectivity index (χ3n) is 3.70. The number of nitrogens with one attached hydrogen (secondary N) is 2. The summed E-state index contributed by atoms with van der Waals surface area (Å²) in [4.78, 5) is 29.8. The van der Waals surface area contributed by atoms with Crippen molar-refractivity contribution < 1.29 is 9.53 Å². The molecule has 25 heavy (non-hydrogen) atoms. The Labute approximate surface area is 145 Å². The summed E-state index contributed by atoms with van der Waals surface area (Å²) in [6.45, 7) is 0.209. The lowest BCUT2D eigenvalue weighted by Crippen LogP contribution is -2.26. The van der Waals surface area contributed by atoms with Crippen LogP contribution in [0, 0.1) is 0 Å². The summed E-state index contributed by atoms with van der Waals surface area (Å²) in [5, 5.41) is 3.89. The normalized spacial score (nSPS) is 10.7. The molecular weight excluding hydrogens is 320 g/mol. The number of fused-ring (bicyclic) bond motifs is 1. The van der Waals surface area contributed by atoms with Crippen molar-refractivity contribution in [2.45, 2.75) is 13.0 Å². The van der Waals surface area contributed by atoms with Crippen molar-refractivity contribution in [3.05, 3.63) is 41.9 Å². The first-order valence-electron chi connectivity index (χ1n) is 7.85. The van der Waals surface area contributed by atoms with Crippen molar-refractivity contribution in [1.82, 2.24) is 25.3 Å². The second-order valence-electron chi connectivity index (χ2n) is 5.75. The second-order valence-corrected chi connectivity index (χ2v) is 5.75. The Kier molecular flexibility index (Phi) is 4.78. The highest BCUT2D eigenvalue weighted by Gasteiger charge is 2.11. The molecule has 0 atom stereocenters. The first-order chi connectivity index (χ1) is 12.1. The third-order valence-corrected chi connectivity index (χ3v) is 3.70. The lowest BCUT2D eigenvalue weighted by Gasteiger charge is -2.12. The Balaban J connectivity index is 1.67. The highest BCUT2D eigenvalue weighted by molar-refractivity contribution is 5.88. The number of para-hydroxylation sites is 1. The predicted molar refractivity (Wildman–Crippen MR) is 94.6 cm³/mol. The van der Waals surface area contributed by atoms with E-state index >= 15 is 0 Å². The highest BCUT2D eigenvalue weighted by atomic mass is 16.5. The van der Waals surface area contributed by atoms with Gasteiger partial charge in [0, 0.05) is 31.2 Å². The number of rotatable bonds is 6. The summed E-state index contributed by atoms with van der Waals surface area (Å²) >= 11 is 0. The minimum absolute atomic E-state index is 0.101. The number of methoxy groups -OCH3 is 1. The van der Waals surface area contributed by atoms with Crippen molar-refractivity contribution in [3.63, 3.8) is 0 Å². The fraction of sp³-hybridized carbons (Fsp3) is 0.294. The van der Waals surface area contributed by atoms with Gasteiger partial charge in [0.1, 0.15) is 0 Å². The van der Waals surface area contributed by atoms with Crippen LogP contribution in [0.25, 0.3) is 10.9 Å². The molecule has 0 unspecified atom stereocenters. The molecule has 2 aromatic heterocycles. The molecule has 1 amide bonds. The Morgan fingerprint density at radius 1 is 1.24 bits per heavy atom. The molecule has 0 saturated carbocycles. The molecule has 8 heteroatoms. The number of ether oxygens (including phenoxy) is 1. The number of benzene rings is 1. The van der Waals surface area contributed by atoms with Crippen LogP contribution in [0.3, 0.4) is 0 Å². The zero-order valence-electron chi connectivity index (χ0n) is 14.4. The molecule has 0 spiro atoms. The molecule has 0 saturated heterocycles. The molecule has 3 aromatic rings. The zero-order chi connectivity index (χ0) is 17.8. The van der Waals surface area contributed by atoms with Gasteiger partial charge < -0.3 is 19.9 Å². The van der Waals surface area contributed by atoms with Crippen LogP contribution >= 0.6 is 0 Å². The fourth-order valence-electron chi connectivity index (χ4n) is 2.45. The number of aromatic nitrogens is 4. The van der Waals surface area contributed by atoms with Crippen LogP contribution in [-0.2, 0) is 17.8 Å². The number of carbonyl (C=O) groups is 1. The van der Waals surface area contributed by atoms with E-state index in [-0.39, 0.29) is 24.9 Å². The van der Waals surface area contributed by atoms with Gasteiger partial charge in [0.05, 0.1) is 20.1 Å². The average molecular weight is 340 g/mol. The Morgan fingerprint density at radius 3 is 2.80 bits per heavy atom. The largest absolute Gasteiger partial charge is 0.467 e. The van der Waals surface area contributed by atoms with Crippen LogP contribution in [0.5, 0.6) is 6.01 Å².